The van der Waals surface area contributed by atoms with Crippen molar-refractivity contribution in [2.45, 2.75) is 12.3 Å². The molecule has 0 aromatic heterocycles. The zero-order chi connectivity index (χ0) is 19.1. The Kier molecular flexibility index (Phi) is 4.71. The molecule has 0 amide bonds. The normalized spacial score (nSPS) is 18.5. The second-order valence-corrected chi connectivity index (χ2v) is 8.73. The molecule has 0 saturated heterocycles. The highest BCUT2D eigenvalue weighted by molar-refractivity contribution is 9.10. The molecule has 2 atom stereocenters. The third-order valence-corrected chi connectivity index (χ3v) is 6.22. The highest BCUT2D eigenvalue weighted by Crippen LogP contribution is 2.42. The molecule has 4 aromatic rings. The largest absolute Gasteiger partial charge is 0.471 e. The molecule has 0 aliphatic carbocycles. The third kappa shape index (κ3) is 3.26. The SMILES string of the molecule is Brc1ccc([C@H]2N[C@H](c3ccc(Br)cc3)Oc3ccc4ccccc4c32)cc1. The summed E-state index contributed by atoms with van der Waals surface area (Å²) in [5.74, 6) is 0.929. The van der Waals surface area contributed by atoms with E-state index in [-0.39, 0.29) is 12.3 Å². The number of hydrogen-bond acceptors (Lipinski definition) is 2. The van der Waals surface area contributed by atoms with Gasteiger partial charge in [-0.2, -0.15) is 0 Å². The lowest BCUT2D eigenvalue weighted by atomic mass is 9.91. The van der Waals surface area contributed by atoms with Crippen molar-refractivity contribution >= 4 is 42.6 Å². The molecule has 0 bridgehead atoms. The van der Waals surface area contributed by atoms with Crippen molar-refractivity contribution in [2.24, 2.45) is 0 Å². The molecule has 0 saturated carbocycles. The topological polar surface area (TPSA) is 21.3 Å². The smallest absolute Gasteiger partial charge is 0.177 e. The van der Waals surface area contributed by atoms with Gasteiger partial charge in [-0.05, 0) is 46.7 Å². The minimum Gasteiger partial charge on any atom is -0.471 e. The molecule has 2 nitrogen and oxygen atoms in total. The highest BCUT2D eigenvalue weighted by Gasteiger charge is 2.31. The van der Waals surface area contributed by atoms with Gasteiger partial charge in [-0.25, -0.2) is 0 Å². The van der Waals surface area contributed by atoms with Crippen LogP contribution in [0.15, 0.2) is 93.9 Å². The fourth-order valence-electron chi connectivity index (χ4n) is 3.79. The van der Waals surface area contributed by atoms with Gasteiger partial charge in [0.1, 0.15) is 5.75 Å². The Bertz CT molecular complexity index is 1140. The first-order chi connectivity index (χ1) is 13.7. The van der Waals surface area contributed by atoms with Crippen LogP contribution in [-0.4, -0.2) is 0 Å². The molecule has 4 heteroatoms. The van der Waals surface area contributed by atoms with Crippen molar-refractivity contribution in [1.82, 2.24) is 5.32 Å². The van der Waals surface area contributed by atoms with Crippen LogP contribution in [0, 0.1) is 0 Å². The van der Waals surface area contributed by atoms with E-state index in [1.165, 1.54) is 21.9 Å². The molecule has 1 N–H and O–H groups in total. The lowest BCUT2D eigenvalue weighted by molar-refractivity contribution is 0.134. The fraction of sp³-hybridized carbons (Fsp3) is 0.0833. The van der Waals surface area contributed by atoms with Crippen LogP contribution in [0.2, 0.25) is 0 Å². The standard InChI is InChI=1S/C24H17Br2NO/c25-18-10-5-16(6-11-18)23-22-20-4-2-1-3-15(20)9-14-21(22)28-24(27-23)17-7-12-19(26)13-8-17/h1-14,23-24,27H/t23-,24+/m1/s1. The second-order valence-electron chi connectivity index (χ2n) is 6.90. The van der Waals surface area contributed by atoms with E-state index >= 15 is 0 Å². The van der Waals surface area contributed by atoms with Crippen LogP contribution in [0.5, 0.6) is 5.75 Å². The number of halogens is 2. The summed E-state index contributed by atoms with van der Waals surface area (Å²) in [6.07, 6.45) is -0.213. The Hall–Kier alpha value is -2.14. The zero-order valence-electron chi connectivity index (χ0n) is 14.9. The van der Waals surface area contributed by atoms with Crippen LogP contribution in [0.3, 0.4) is 0 Å². The van der Waals surface area contributed by atoms with Crippen molar-refractivity contribution in [2.75, 3.05) is 0 Å². The minimum atomic E-state index is -0.213. The molecule has 28 heavy (non-hydrogen) atoms. The molecular weight excluding hydrogens is 478 g/mol. The summed E-state index contributed by atoms with van der Waals surface area (Å²) < 4.78 is 8.54. The van der Waals surface area contributed by atoms with Crippen LogP contribution in [0.1, 0.15) is 29.0 Å². The first-order valence-corrected chi connectivity index (χ1v) is 10.7. The monoisotopic (exact) mass is 493 g/mol. The fourth-order valence-corrected chi connectivity index (χ4v) is 4.32. The van der Waals surface area contributed by atoms with E-state index < -0.39 is 0 Å². The summed E-state index contributed by atoms with van der Waals surface area (Å²) in [5.41, 5.74) is 3.50. The van der Waals surface area contributed by atoms with E-state index in [1.54, 1.807) is 0 Å². The Morgan fingerprint density at radius 3 is 2.04 bits per heavy atom. The van der Waals surface area contributed by atoms with Gasteiger partial charge in [-0.15, -0.1) is 0 Å². The number of fused-ring (bicyclic) bond motifs is 3. The molecule has 138 valence electrons. The Morgan fingerprint density at radius 1 is 0.679 bits per heavy atom. The highest BCUT2D eigenvalue weighted by atomic mass is 79.9. The van der Waals surface area contributed by atoms with Gasteiger partial charge >= 0.3 is 0 Å². The summed E-state index contributed by atoms with van der Waals surface area (Å²) in [4.78, 5) is 0. The lowest BCUT2D eigenvalue weighted by Crippen LogP contribution is -2.35. The maximum absolute atomic E-state index is 6.41. The van der Waals surface area contributed by atoms with E-state index in [1.807, 2.05) is 12.1 Å². The molecule has 4 aromatic carbocycles. The number of hydrogen-bond donors (Lipinski definition) is 1. The second kappa shape index (κ2) is 7.36. The molecule has 5 rings (SSSR count). The number of benzene rings is 4. The molecular formula is C24H17Br2NO. The average Bonchev–Trinajstić information content (AvgIpc) is 2.74. The van der Waals surface area contributed by atoms with E-state index in [0.717, 1.165) is 20.3 Å². The van der Waals surface area contributed by atoms with Crippen LogP contribution >= 0.6 is 31.9 Å². The van der Waals surface area contributed by atoms with Crippen LogP contribution < -0.4 is 10.1 Å². The van der Waals surface area contributed by atoms with Crippen LogP contribution in [-0.2, 0) is 0 Å². The minimum absolute atomic E-state index is 0.0385. The predicted molar refractivity (Wildman–Crippen MR) is 121 cm³/mol. The predicted octanol–water partition coefficient (Wildman–Crippen LogP) is 7.14. The number of nitrogens with one attached hydrogen (secondary N) is 1. The maximum Gasteiger partial charge on any atom is 0.177 e. The molecule has 0 radical (unpaired) electrons. The van der Waals surface area contributed by atoms with E-state index in [0.29, 0.717) is 0 Å². The maximum atomic E-state index is 6.41. The van der Waals surface area contributed by atoms with Gasteiger partial charge in [0.25, 0.3) is 0 Å². The van der Waals surface area contributed by atoms with Gasteiger partial charge in [0.2, 0.25) is 0 Å². The van der Waals surface area contributed by atoms with Crippen molar-refractivity contribution in [3.63, 3.8) is 0 Å². The van der Waals surface area contributed by atoms with Crippen molar-refractivity contribution in [1.29, 1.82) is 0 Å². The van der Waals surface area contributed by atoms with Gasteiger partial charge in [0.05, 0.1) is 6.04 Å². The van der Waals surface area contributed by atoms with Gasteiger partial charge < -0.3 is 4.74 Å². The number of rotatable bonds is 2. The number of ether oxygens (including phenoxy) is 1. The van der Waals surface area contributed by atoms with E-state index in [2.05, 4.69) is 110 Å². The van der Waals surface area contributed by atoms with Crippen LogP contribution in [0.4, 0.5) is 0 Å². The molecule has 1 aliphatic heterocycles. The molecule has 0 spiro atoms. The van der Waals surface area contributed by atoms with Crippen molar-refractivity contribution in [3.8, 4) is 5.75 Å². The average molecular weight is 495 g/mol. The first kappa shape index (κ1) is 17.9. The summed E-state index contributed by atoms with van der Waals surface area (Å²) in [7, 11) is 0. The third-order valence-electron chi connectivity index (χ3n) is 5.16. The summed E-state index contributed by atoms with van der Waals surface area (Å²) in [6.45, 7) is 0. The molecule has 1 heterocycles. The lowest BCUT2D eigenvalue weighted by Gasteiger charge is -2.35. The van der Waals surface area contributed by atoms with Gasteiger partial charge in [-0.3, -0.25) is 5.32 Å². The van der Waals surface area contributed by atoms with Crippen molar-refractivity contribution < 1.29 is 4.74 Å². The van der Waals surface area contributed by atoms with Gasteiger partial charge in [-0.1, -0.05) is 86.5 Å². The first-order valence-electron chi connectivity index (χ1n) is 9.14. The van der Waals surface area contributed by atoms with E-state index in [4.69, 9.17) is 4.74 Å². The Morgan fingerprint density at radius 2 is 1.32 bits per heavy atom. The van der Waals surface area contributed by atoms with Crippen LogP contribution in [0.25, 0.3) is 10.8 Å². The summed E-state index contributed by atoms with van der Waals surface area (Å²) in [5, 5.41) is 6.16. The zero-order valence-corrected chi connectivity index (χ0v) is 18.1. The quantitative estimate of drug-likeness (QED) is 0.320. The Balaban J connectivity index is 1.67. The van der Waals surface area contributed by atoms with Gasteiger partial charge in [0.15, 0.2) is 6.23 Å². The van der Waals surface area contributed by atoms with Gasteiger partial charge in [0, 0.05) is 20.1 Å². The summed E-state index contributed by atoms with van der Waals surface area (Å²) >= 11 is 7.06. The van der Waals surface area contributed by atoms with E-state index in [9.17, 15) is 0 Å². The molecule has 0 unspecified atom stereocenters. The molecule has 0 fully saturated rings. The molecule has 1 aliphatic rings. The Labute approximate surface area is 180 Å². The van der Waals surface area contributed by atoms with Crippen molar-refractivity contribution in [3.05, 3.63) is 111 Å². The summed E-state index contributed by atoms with van der Waals surface area (Å²) in [6, 6.07) is 29.5.